The summed E-state index contributed by atoms with van der Waals surface area (Å²) in [7, 11) is 0. The fraction of sp³-hybridized carbons (Fsp3) is 0.188. The van der Waals surface area contributed by atoms with Gasteiger partial charge in [0.2, 0.25) is 0 Å². The summed E-state index contributed by atoms with van der Waals surface area (Å²) in [6.45, 7) is 8.99. The maximum Gasteiger partial charge on any atom is 0.155 e. The summed E-state index contributed by atoms with van der Waals surface area (Å²) in [5, 5.41) is 14.9. The fourth-order valence-electron chi connectivity index (χ4n) is 4.56. The average Bonchev–Trinajstić information content (AvgIpc) is 2.82. The zero-order valence-electron chi connectivity index (χ0n) is 21.5. The summed E-state index contributed by atoms with van der Waals surface area (Å²) in [5.41, 5.74) is 3.57. The van der Waals surface area contributed by atoms with Gasteiger partial charge in [-0.2, -0.15) is 0 Å². The van der Waals surface area contributed by atoms with Crippen LogP contribution < -0.4 is 0 Å². The Morgan fingerprint density at radius 2 is 1.73 bits per heavy atom. The van der Waals surface area contributed by atoms with E-state index in [-0.39, 0.29) is 43.4 Å². The zero-order chi connectivity index (χ0) is 26.0. The molecule has 0 aliphatic rings. The van der Waals surface area contributed by atoms with E-state index in [4.69, 9.17) is 5.11 Å². The second-order valence-electron chi connectivity index (χ2n) is 9.38. The van der Waals surface area contributed by atoms with Crippen LogP contribution in [0.3, 0.4) is 0 Å². The molecule has 0 fully saturated rings. The van der Waals surface area contributed by atoms with E-state index in [0.29, 0.717) is 0 Å². The molecule has 191 valence electrons. The number of nitrogens with zero attached hydrogens (tertiary/aromatic N) is 1. The molecule has 5 aromatic rings. The van der Waals surface area contributed by atoms with E-state index < -0.39 is 0 Å². The van der Waals surface area contributed by atoms with Crippen LogP contribution in [-0.4, -0.2) is 15.9 Å². The summed E-state index contributed by atoms with van der Waals surface area (Å²) in [4.78, 5) is 14.6. The van der Waals surface area contributed by atoms with Gasteiger partial charge in [-0.1, -0.05) is 62.1 Å². The number of aromatic nitrogens is 1. The summed E-state index contributed by atoms with van der Waals surface area (Å²) in [6, 6.07) is 23.8. The van der Waals surface area contributed by atoms with Crippen molar-refractivity contribution in [2.24, 2.45) is 0 Å². The number of hydrogen-bond donors (Lipinski definition) is 1. The Hall–Kier alpha value is -3.40. The number of aliphatic hydroxyl groups is 1. The molecular weight excluding hydrogens is 642 g/mol. The summed E-state index contributed by atoms with van der Waals surface area (Å²) in [6.07, 6.45) is 2.97. The van der Waals surface area contributed by atoms with Gasteiger partial charge in [-0.05, 0) is 65.1 Å². The number of carbonyl (C=O) groups excluding carboxylic acids is 1. The van der Waals surface area contributed by atoms with Crippen molar-refractivity contribution in [1.29, 1.82) is 0 Å². The Labute approximate surface area is 230 Å². The van der Waals surface area contributed by atoms with Crippen molar-refractivity contribution >= 4 is 38.1 Å². The smallest absolute Gasteiger partial charge is 0.155 e. The molecule has 1 heterocycles. The number of hydrogen-bond acceptors (Lipinski definition) is 3. The number of ketones is 1. The first-order chi connectivity index (χ1) is 17.2. The van der Waals surface area contributed by atoms with E-state index in [2.05, 4.69) is 60.4 Å². The van der Waals surface area contributed by atoms with Crippen LogP contribution in [0.2, 0.25) is 0 Å². The van der Waals surface area contributed by atoms with E-state index in [1.54, 1.807) is 12.3 Å². The van der Waals surface area contributed by atoms with Gasteiger partial charge in [-0.25, -0.2) is 4.39 Å². The average molecular weight is 671 g/mol. The second kappa shape index (κ2) is 11.8. The van der Waals surface area contributed by atoms with Gasteiger partial charge in [-0.15, -0.1) is 29.1 Å². The number of halogens is 1. The van der Waals surface area contributed by atoms with Gasteiger partial charge in [0.1, 0.15) is 5.82 Å². The predicted octanol–water partition coefficient (Wildman–Crippen LogP) is 8.61. The third-order valence-electron chi connectivity index (χ3n) is 6.12. The Morgan fingerprint density at radius 1 is 1.00 bits per heavy atom. The standard InChI is InChI=1S/C27H21FN.C5H8O2.Ir/c1-16(2)23-14-19-10-11-29-27(24(19)15-25(23)28)21-12-17(3)26-20(13-21)9-8-18-6-4-5-7-22(18)26;1-4(6)3-5(2)7;/h4-12,14-16H,1-3H3;3,6H,1-2H3;/q-1;;/b;4-3-;. The Morgan fingerprint density at radius 3 is 2.38 bits per heavy atom. The number of carbonyl (C=O) groups is 1. The van der Waals surface area contributed by atoms with Gasteiger partial charge >= 0.3 is 0 Å². The maximum absolute atomic E-state index is 14.7. The van der Waals surface area contributed by atoms with Gasteiger partial charge in [0, 0.05) is 38.1 Å². The van der Waals surface area contributed by atoms with Crippen LogP contribution in [0, 0.1) is 18.8 Å². The molecule has 1 aromatic heterocycles. The van der Waals surface area contributed by atoms with Crippen molar-refractivity contribution in [3.63, 3.8) is 0 Å². The van der Waals surface area contributed by atoms with Crippen molar-refractivity contribution < 1.29 is 34.4 Å². The van der Waals surface area contributed by atoms with Crippen LogP contribution in [0.4, 0.5) is 4.39 Å². The first-order valence-electron chi connectivity index (χ1n) is 12.0. The van der Waals surface area contributed by atoms with Gasteiger partial charge in [0.25, 0.3) is 0 Å². The van der Waals surface area contributed by atoms with Crippen molar-refractivity contribution in [2.45, 2.75) is 40.5 Å². The molecule has 5 heteroatoms. The molecular formula is C32H29FIrNO2-. The minimum Gasteiger partial charge on any atom is -0.512 e. The molecule has 0 bridgehead atoms. The molecule has 0 unspecified atom stereocenters. The number of fused-ring (bicyclic) bond motifs is 4. The number of pyridine rings is 1. The largest absolute Gasteiger partial charge is 0.512 e. The van der Waals surface area contributed by atoms with Crippen LogP contribution in [0.1, 0.15) is 44.7 Å². The number of allylic oxidation sites excluding steroid dienone is 2. The van der Waals surface area contributed by atoms with Crippen molar-refractivity contribution in [1.82, 2.24) is 4.98 Å². The molecule has 0 spiro atoms. The molecule has 37 heavy (non-hydrogen) atoms. The van der Waals surface area contributed by atoms with Gasteiger partial charge in [-0.3, -0.25) is 9.78 Å². The minimum absolute atomic E-state index is 0. The number of aryl methyl sites for hydroxylation is 1. The molecule has 0 saturated heterocycles. The molecule has 1 N–H and O–H groups in total. The van der Waals surface area contributed by atoms with E-state index >= 15 is 0 Å². The predicted molar refractivity (Wildman–Crippen MR) is 147 cm³/mol. The molecule has 1 radical (unpaired) electrons. The summed E-state index contributed by atoms with van der Waals surface area (Å²) in [5.74, 6) is -0.100. The quantitative estimate of drug-likeness (QED) is 0.0906. The van der Waals surface area contributed by atoms with Crippen molar-refractivity contribution in [3.8, 4) is 11.3 Å². The van der Waals surface area contributed by atoms with Crippen LogP contribution >= 0.6 is 0 Å². The maximum atomic E-state index is 14.7. The monoisotopic (exact) mass is 671 g/mol. The van der Waals surface area contributed by atoms with E-state index in [0.717, 1.165) is 33.0 Å². The first kappa shape index (κ1) is 28.2. The number of rotatable bonds is 3. The van der Waals surface area contributed by atoms with E-state index in [9.17, 15) is 9.18 Å². The topological polar surface area (TPSA) is 50.2 Å². The molecule has 0 aliphatic carbocycles. The zero-order valence-corrected chi connectivity index (χ0v) is 23.9. The van der Waals surface area contributed by atoms with Gasteiger partial charge in [0.05, 0.1) is 5.76 Å². The van der Waals surface area contributed by atoms with Crippen molar-refractivity contribution in [3.05, 3.63) is 102 Å². The van der Waals surface area contributed by atoms with E-state index in [1.165, 1.54) is 41.6 Å². The molecule has 0 saturated carbocycles. The Bertz CT molecular complexity index is 1640. The Kier molecular flexibility index (Phi) is 8.96. The normalized spacial score (nSPS) is 11.4. The van der Waals surface area contributed by atoms with Crippen LogP contribution in [0.5, 0.6) is 0 Å². The van der Waals surface area contributed by atoms with Gasteiger partial charge in [0.15, 0.2) is 5.78 Å². The number of benzene rings is 4. The summed E-state index contributed by atoms with van der Waals surface area (Å²) >= 11 is 0. The molecule has 0 atom stereocenters. The molecule has 0 aliphatic heterocycles. The third-order valence-corrected chi connectivity index (χ3v) is 6.12. The summed E-state index contributed by atoms with van der Waals surface area (Å²) < 4.78 is 14.7. The molecule has 4 aromatic carbocycles. The first-order valence-corrected chi connectivity index (χ1v) is 12.0. The third kappa shape index (κ3) is 6.12. The molecule has 0 amide bonds. The fourth-order valence-corrected chi connectivity index (χ4v) is 4.56. The van der Waals surface area contributed by atoms with Crippen molar-refractivity contribution in [2.75, 3.05) is 0 Å². The van der Waals surface area contributed by atoms with Gasteiger partial charge < -0.3 is 5.11 Å². The molecule has 3 nitrogen and oxygen atoms in total. The van der Waals surface area contributed by atoms with E-state index in [1.807, 2.05) is 26.0 Å². The Balaban J connectivity index is 0.000000422. The minimum atomic E-state index is -0.176. The van der Waals surface area contributed by atoms with Crippen LogP contribution in [0.15, 0.2) is 78.7 Å². The SMILES string of the molecule is CC(=O)/C=C(/C)O.Cc1cc(-c2nccc3cc(C(C)C)c(F)cc23)[c-]c2ccc3ccccc3c12.[Ir]. The molecule has 5 rings (SSSR count). The number of aliphatic hydroxyl groups excluding tert-OH is 1. The second-order valence-corrected chi connectivity index (χ2v) is 9.38. The van der Waals surface area contributed by atoms with Crippen LogP contribution in [0.25, 0.3) is 43.6 Å². The van der Waals surface area contributed by atoms with Crippen LogP contribution in [-0.2, 0) is 24.9 Å².